The van der Waals surface area contributed by atoms with Crippen LogP contribution in [-0.2, 0) is 6.54 Å². The van der Waals surface area contributed by atoms with Crippen LogP contribution in [0.4, 0.5) is 20.2 Å². The Bertz CT molecular complexity index is 1070. The fourth-order valence-corrected chi connectivity index (χ4v) is 3.21. The Morgan fingerprint density at radius 1 is 0.885 bits per heavy atom. The summed E-state index contributed by atoms with van der Waals surface area (Å²) in [7, 11) is 0. The molecular formula is C21H15ClF2N2. The van der Waals surface area contributed by atoms with Crippen molar-refractivity contribution in [1.82, 2.24) is 4.57 Å². The number of anilines is 2. The van der Waals surface area contributed by atoms with Crippen LogP contribution in [0.3, 0.4) is 0 Å². The van der Waals surface area contributed by atoms with Crippen LogP contribution in [-0.4, -0.2) is 4.57 Å². The number of nitrogens with one attached hydrogen (secondary N) is 1. The molecule has 1 heterocycles. The molecule has 1 N–H and O–H groups in total. The molecular weight excluding hydrogens is 354 g/mol. The first-order chi connectivity index (χ1) is 12.6. The summed E-state index contributed by atoms with van der Waals surface area (Å²) in [6.07, 6.45) is 1.86. The van der Waals surface area contributed by atoms with E-state index in [-0.39, 0.29) is 10.8 Å². The fraction of sp³-hybridized carbons (Fsp3) is 0.0476. The molecule has 0 unspecified atom stereocenters. The van der Waals surface area contributed by atoms with Gasteiger partial charge in [0.15, 0.2) is 0 Å². The zero-order chi connectivity index (χ0) is 18.1. The van der Waals surface area contributed by atoms with Gasteiger partial charge >= 0.3 is 0 Å². The van der Waals surface area contributed by atoms with Crippen LogP contribution in [0.1, 0.15) is 5.56 Å². The maximum atomic E-state index is 14.5. The molecule has 0 spiro atoms. The van der Waals surface area contributed by atoms with Gasteiger partial charge in [-0.2, -0.15) is 0 Å². The molecule has 0 saturated heterocycles. The van der Waals surface area contributed by atoms with Gasteiger partial charge in [-0.3, -0.25) is 0 Å². The summed E-state index contributed by atoms with van der Waals surface area (Å²) in [5, 5.41) is 3.98. The van der Waals surface area contributed by atoms with Crippen molar-refractivity contribution in [3.05, 3.63) is 95.1 Å². The van der Waals surface area contributed by atoms with Crippen molar-refractivity contribution in [1.29, 1.82) is 0 Å². The number of benzene rings is 3. The van der Waals surface area contributed by atoms with Crippen molar-refractivity contribution in [3.8, 4) is 0 Å². The number of aromatic nitrogens is 1. The van der Waals surface area contributed by atoms with E-state index in [9.17, 15) is 8.78 Å². The molecule has 0 aliphatic heterocycles. The molecule has 3 aromatic carbocycles. The Balaban J connectivity index is 1.73. The number of fused-ring (bicyclic) bond motifs is 1. The third kappa shape index (κ3) is 3.16. The van der Waals surface area contributed by atoms with Gasteiger partial charge < -0.3 is 9.88 Å². The molecule has 0 atom stereocenters. The Hall–Kier alpha value is -2.85. The Morgan fingerprint density at radius 3 is 2.42 bits per heavy atom. The van der Waals surface area contributed by atoms with E-state index >= 15 is 0 Å². The van der Waals surface area contributed by atoms with E-state index in [1.807, 2.05) is 47.2 Å². The molecule has 0 amide bonds. The lowest BCUT2D eigenvalue weighted by atomic mass is 10.2. The minimum atomic E-state index is -0.476. The highest BCUT2D eigenvalue weighted by Crippen LogP contribution is 2.31. The second-order valence-corrected chi connectivity index (χ2v) is 6.45. The van der Waals surface area contributed by atoms with Crippen molar-refractivity contribution >= 4 is 33.9 Å². The molecule has 0 saturated carbocycles. The van der Waals surface area contributed by atoms with Crippen LogP contribution in [0.5, 0.6) is 0 Å². The predicted octanol–water partition coefficient (Wildman–Crippen LogP) is 6.36. The Kier molecular flexibility index (Phi) is 4.35. The molecule has 0 aliphatic rings. The van der Waals surface area contributed by atoms with E-state index in [1.165, 1.54) is 18.2 Å². The predicted molar refractivity (Wildman–Crippen MR) is 102 cm³/mol. The molecule has 1 aromatic heterocycles. The number of rotatable bonds is 4. The average molecular weight is 369 g/mol. The van der Waals surface area contributed by atoms with E-state index < -0.39 is 5.82 Å². The minimum Gasteiger partial charge on any atom is -0.355 e. The van der Waals surface area contributed by atoms with Crippen LogP contribution < -0.4 is 5.32 Å². The summed E-state index contributed by atoms with van der Waals surface area (Å²) in [4.78, 5) is 0. The van der Waals surface area contributed by atoms with Crippen LogP contribution >= 0.6 is 11.6 Å². The SMILES string of the molecule is Fc1ccc(Nc2ccc(F)c3c2ccn3Cc2ccccc2)cc1Cl. The monoisotopic (exact) mass is 368 g/mol. The molecule has 0 aliphatic carbocycles. The van der Waals surface area contributed by atoms with E-state index in [0.717, 1.165) is 16.6 Å². The first-order valence-electron chi connectivity index (χ1n) is 8.15. The largest absolute Gasteiger partial charge is 0.355 e. The number of hydrogen-bond donors (Lipinski definition) is 1. The van der Waals surface area contributed by atoms with Gasteiger partial charge in [0, 0.05) is 29.5 Å². The molecule has 0 radical (unpaired) electrons. The van der Waals surface area contributed by atoms with Crippen molar-refractivity contribution in [2.45, 2.75) is 6.54 Å². The minimum absolute atomic E-state index is 0.0370. The number of hydrogen-bond acceptors (Lipinski definition) is 1. The van der Waals surface area contributed by atoms with Crippen LogP contribution in [0.25, 0.3) is 10.9 Å². The molecule has 4 aromatic rings. The van der Waals surface area contributed by atoms with Crippen LogP contribution in [0.2, 0.25) is 5.02 Å². The van der Waals surface area contributed by atoms with Gasteiger partial charge in [-0.05, 0) is 42.0 Å². The summed E-state index contributed by atoms with van der Waals surface area (Å²) >= 11 is 5.84. The molecule has 0 fully saturated rings. The van der Waals surface area contributed by atoms with Crippen molar-refractivity contribution < 1.29 is 8.78 Å². The van der Waals surface area contributed by atoms with E-state index in [4.69, 9.17) is 11.6 Å². The van der Waals surface area contributed by atoms with Gasteiger partial charge in [-0.15, -0.1) is 0 Å². The lowest BCUT2D eigenvalue weighted by Gasteiger charge is -2.11. The maximum Gasteiger partial charge on any atom is 0.147 e. The molecule has 2 nitrogen and oxygen atoms in total. The molecule has 0 bridgehead atoms. The summed E-state index contributed by atoms with van der Waals surface area (Å²) in [6, 6.07) is 19.3. The lowest BCUT2D eigenvalue weighted by molar-refractivity contribution is 0.628. The first kappa shape index (κ1) is 16.6. The van der Waals surface area contributed by atoms with Crippen molar-refractivity contribution in [3.63, 3.8) is 0 Å². The summed E-state index contributed by atoms with van der Waals surface area (Å²) in [5.41, 5.74) is 2.98. The van der Waals surface area contributed by atoms with Gasteiger partial charge in [0.1, 0.15) is 11.6 Å². The first-order valence-corrected chi connectivity index (χ1v) is 8.53. The highest BCUT2D eigenvalue weighted by atomic mass is 35.5. The topological polar surface area (TPSA) is 17.0 Å². The standard InChI is InChI=1S/C21H15ClF2N2/c22-17-12-15(6-7-18(17)23)25-20-9-8-19(24)21-16(20)10-11-26(21)13-14-4-2-1-3-5-14/h1-12,25H,13H2. The third-order valence-electron chi connectivity index (χ3n) is 4.27. The fourth-order valence-electron chi connectivity index (χ4n) is 3.03. The van der Waals surface area contributed by atoms with Gasteiger partial charge in [0.25, 0.3) is 0 Å². The zero-order valence-corrected chi connectivity index (χ0v) is 14.5. The number of nitrogens with zero attached hydrogens (tertiary/aromatic N) is 1. The highest BCUT2D eigenvalue weighted by Gasteiger charge is 2.12. The van der Waals surface area contributed by atoms with E-state index in [2.05, 4.69) is 5.32 Å². The second kappa shape index (κ2) is 6.81. The molecule has 5 heteroatoms. The van der Waals surface area contributed by atoms with Crippen molar-refractivity contribution in [2.24, 2.45) is 0 Å². The average Bonchev–Trinajstić information content (AvgIpc) is 3.06. The summed E-state index contributed by atoms with van der Waals surface area (Å²) in [6.45, 7) is 0.576. The molecule has 130 valence electrons. The molecule has 26 heavy (non-hydrogen) atoms. The van der Waals surface area contributed by atoms with Gasteiger partial charge in [-0.1, -0.05) is 41.9 Å². The van der Waals surface area contributed by atoms with Gasteiger partial charge in [-0.25, -0.2) is 8.78 Å². The smallest absolute Gasteiger partial charge is 0.147 e. The van der Waals surface area contributed by atoms with E-state index in [1.54, 1.807) is 12.1 Å². The zero-order valence-electron chi connectivity index (χ0n) is 13.7. The lowest BCUT2D eigenvalue weighted by Crippen LogP contribution is -2.00. The summed E-state index contributed by atoms with van der Waals surface area (Å²) < 4.78 is 29.7. The second-order valence-electron chi connectivity index (χ2n) is 6.04. The van der Waals surface area contributed by atoms with E-state index in [0.29, 0.717) is 17.7 Å². The van der Waals surface area contributed by atoms with Crippen LogP contribution in [0.15, 0.2) is 72.9 Å². The molecule has 4 rings (SSSR count). The van der Waals surface area contributed by atoms with Gasteiger partial charge in [0.2, 0.25) is 0 Å². The summed E-state index contributed by atoms with van der Waals surface area (Å²) in [5.74, 6) is -0.765. The normalized spacial score (nSPS) is 11.0. The maximum absolute atomic E-state index is 14.5. The van der Waals surface area contributed by atoms with Crippen molar-refractivity contribution in [2.75, 3.05) is 5.32 Å². The third-order valence-corrected chi connectivity index (χ3v) is 4.56. The Labute approximate surface area is 154 Å². The Morgan fingerprint density at radius 2 is 1.65 bits per heavy atom. The quantitative estimate of drug-likeness (QED) is 0.443. The highest BCUT2D eigenvalue weighted by molar-refractivity contribution is 6.31. The number of halogens is 3. The van der Waals surface area contributed by atoms with Crippen LogP contribution in [0, 0.1) is 11.6 Å². The van der Waals surface area contributed by atoms with Gasteiger partial charge in [0.05, 0.1) is 10.5 Å².